The molecule has 1 aromatic heterocycles. The quantitative estimate of drug-likeness (QED) is 0.471. The Labute approximate surface area is 185 Å². The average Bonchev–Trinajstić information content (AvgIpc) is 3.16. The van der Waals surface area contributed by atoms with Gasteiger partial charge in [-0.25, -0.2) is 9.78 Å². The van der Waals surface area contributed by atoms with Gasteiger partial charge in [0.1, 0.15) is 5.75 Å². The predicted octanol–water partition coefficient (Wildman–Crippen LogP) is 5.78. The number of urea groups is 1. The van der Waals surface area contributed by atoms with Crippen molar-refractivity contribution in [1.82, 2.24) is 4.98 Å². The molecule has 162 valence electrons. The second-order valence-corrected chi connectivity index (χ2v) is 8.84. The normalized spacial score (nSPS) is 14.3. The van der Waals surface area contributed by atoms with Crippen molar-refractivity contribution in [1.29, 1.82) is 0 Å². The molecule has 0 atom stereocenters. The molecular formula is C23H26N4O3S. The molecule has 2 aromatic carbocycles. The first-order valence-corrected chi connectivity index (χ1v) is 11.3. The number of fused-ring (bicyclic) bond motifs is 1. The van der Waals surface area contributed by atoms with Crippen LogP contribution in [0, 0.1) is 12.8 Å². The predicted molar refractivity (Wildman–Crippen MR) is 125 cm³/mol. The van der Waals surface area contributed by atoms with Gasteiger partial charge >= 0.3 is 6.03 Å². The molecule has 1 saturated carbocycles. The van der Waals surface area contributed by atoms with Crippen molar-refractivity contribution in [3.8, 4) is 5.75 Å². The van der Waals surface area contributed by atoms with Crippen molar-refractivity contribution in [3.05, 3.63) is 42.0 Å². The van der Waals surface area contributed by atoms with Crippen molar-refractivity contribution >= 4 is 50.0 Å². The van der Waals surface area contributed by atoms with Crippen molar-refractivity contribution in [2.75, 3.05) is 23.1 Å². The van der Waals surface area contributed by atoms with Gasteiger partial charge in [0.25, 0.3) is 0 Å². The topological polar surface area (TPSA) is 92.4 Å². The molecule has 8 heteroatoms. The Morgan fingerprint density at radius 1 is 1.03 bits per heavy atom. The molecule has 1 aliphatic rings. The van der Waals surface area contributed by atoms with E-state index >= 15 is 0 Å². The lowest BCUT2D eigenvalue weighted by atomic mass is 9.89. The summed E-state index contributed by atoms with van der Waals surface area (Å²) in [6, 6.07) is 10.7. The van der Waals surface area contributed by atoms with Crippen LogP contribution >= 0.6 is 11.3 Å². The maximum Gasteiger partial charge on any atom is 0.323 e. The lowest BCUT2D eigenvalue weighted by molar-refractivity contribution is -0.120. The van der Waals surface area contributed by atoms with Crippen LogP contribution in [0.5, 0.6) is 5.75 Å². The van der Waals surface area contributed by atoms with E-state index < -0.39 is 0 Å². The van der Waals surface area contributed by atoms with Crippen LogP contribution in [-0.2, 0) is 4.79 Å². The van der Waals surface area contributed by atoms with Crippen LogP contribution in [0.3, 0.4) is 0 Å². The molecule has 1 fully saturated rings. The van der Waals surface area contributed by atoms with Gasteiger partial charge in [-0.15, -0.1) is 0 Å². The fraction of sp³-hybridized carbons (Fsp3) is 0.348. The summed E-state index contributed by atoms with van der Waals surface area (Å²) in [5.74, 6) is 0.734. The van der Waals surface area contributed by atoms with Crippen LogP contribution in [0.2, 0.25) is 0 Å². The minimum Gasteiger partial charge on any atom is -0.495 e. The molecule has 1 heterocycles. The number of methoxy groups -OCH3 is 1. The van der Waals surface area contributed by atoms with E-state index in [1.54, 1.807) is 13.2 Å². The molecule has 7 nitrogen and oxygen atoms in total. The number of carbonyl (C=O) groups excluding carboxylic acids is 2. The van der Waals surface area contributed by atoms with Crippen LogP contribution in [0.1, 0.15) is 37.7 Å². The van der Waals surface area contributed by atoms with Gasteiger partial charge in [-0.3, -0.25) is 4.79 Å². The number of rotatable bonds is 5. The summed E-state index contributed by atoms with van der Waals surface area (Å²) in [6.45, 7) is 1.95. The molecule has 1 aliphatic carbocycles. The number of ether oxygens (including phenoxy) is 1. The standard InChI is InChI=1S/C23H26N4O3S/c1-14-8-10-19(30-2)17(12-14)25-22(29)24-16-9-11-20-18(13-16)26-23(31-20)27-21(28)15-6-4-3-5-7-15/h8-13,15H,3-7H2,1-2H3,(H2,24,25,29)(H,26,27,28). The van der Waals surface area contributed by atoms with Crippen molar-refractivity contribution in [3.63, 3.8) is 0 Å². The van der Waals surface area contributed by atoms with Gasteiger partial charge in [0, 0.05) is 11.6 Å². The highest BCUT2D eigenvalue weighted by Gasteiger charge is 2.22. The highest BCUT2D eigenvalue weighted by atomic mass is 32.1. The molecule has 0 aliphatic heterocycles. The third-order valence-corrected chi connectivity index (χ3v) is 6.41. The Morgan fingerprint density at radius 2 is 1.84 bits per heavy atom. The van der Waals surface area contributed by atoms with E-state index in [0.717, 1.165) is 41.5 Å². The van der Waals surface area contributed by atoms with Gasteiger partial charge < -0.3 is 20.7 Å². The number of hydrogen-bond donors (Lipinski definition) is 3. The molecule has 3 amide bonds. The van der Waals surface area contributed by atoms with E-state index in [0.29, 0.717) is 22.3 Å². The van der Waals surface area contributed by atoms with E-state index in [1.807, 2.05) is 37.3 Å². The minimum absolute atomic E-state index is 0.0589. The number of aromatic nitrogens is 1. The highest BCUT2D eigenvalue weighted by molar-refractivity contribution is 7.22. The number of thiazole rings is 1. The molecule has 3 N–H and O–H groups in total. The molecular weight excluding hydrogens is 412 g/mol. The van der Waals surface area contributed by atoms with Crippen LogP contribution in [-0.4, -0.2) is 24.0 Å². The lowest BCUT2D eigenvalue weighted by Gasteiger charge is -2.19. The van der Waals surface area contributed by atoms with Crippen LogP contribution in [0.15, 0.2) is 36.4 Å². The summed E-state index contributed by atoms with van der Waals surface area (Å²) in [5.41, 5.74) is 2.97. The summed E-state index contributed by atoms with van der Waals surface area (Å²) < 4.78 is 6.25. The molecule has 4 rings (SSSR count). The summed E-state index contributed by atoms with van der Waals surface area (Å²) in [6.07, 6.45) is 5.34. The molecule has 0 unspecified atom stereocenters. The Kier molecular flexibility index (Phi) is 6.36. The second kappa shape index (κ2) is 9.34. The van der Waals surface area contributed by atoms with E-state index in [-0.39, 0.29) is 17.9 Å². The van der Waals surface area contributed by atoms with E-state index in [2.05, 4.69) is 20.9 Å². The van der Waals surface area contributed by atoms with Gasteiger partial charge in [0.15, 0.2) is 5.13 Å². The fourth-order valence-corrected chi connectivity index (χ4v) is 4.68. The lowest BCUT2D eigenvalue weighted by Crippen LogP contribution is -2.24. The maximum atomic E-state index is 12.5. The van der Waals surface area contributed by atoms with Gasteiger partial charge in [-0.05, 0) is 55.7 Å². The van der Waals surface area contributed by atoms with Crippen LogP contribution < -0.4 is 20.7 Å². The Bertz CT molecular complexity index is 1110. The second-order valence-electron chi connectivity index (χ2n) is 7.81. The largest absolute Gasteiger partial charge is 0.495 e. The summed E-state index contributed by atoms with van der Waals surface area (Å²) in [7, 11) is 1.56. The average molecular weight is 439 g/mol. The van der Waals surface area contributed by atoms with Crippen molar-refractivity contribution in [2.45, 2.75) is 39.0 Å². The molecule has 0 radical (unpaired) electrons. The smallest absolute Gasteiger partial charge is 0.323 e. The van der Waals surface area contributed by atoms with Gasteiger partial charge in [-0.1, -0.05) is 36.7 Å². The van der Waals surface area contributed by atoms with Crippen LogP contribution in [0.25, 0.3) is 10.2 Å². The number of amides is 3. The van der Waals surface area contributed by atoms with Gasteiger partial charge in [-0.2, -0.15) is 0 Å². The summed E-state index contributed by atoms with van der Waals surface area (Å²) >= 11 is 1.44. The number of hydrogen-bond acceptors (Lipinski definition) is 5. The van der Waals surface area contributed by atoms with Crippen molar-refractivity contribution in [2.24, 2.45) is 5.92 Å². The van der Waals surface area contributed by atoms with E-state index in [4.69, 9.17) is 4.74 Å². The van der Waals surface area contributed by atoms with Crippen molar-refractivity contribution < 1.29 is 14.3 Å². The minimum atomic E-state index is -0.371. The Balaban J connectivity index is 1.42. The Hall–Kier alpha value is -3.13. The zero-order chi connectivity index (χ0) is 21.8. The molecule has 0 saturated heterocycles. The zero-order valence-corrected chi connectivity index (χ0v) is 18.5. The fourth-order valence-electron chi connectivity index (χ4n) is 3.84. The first-order chi connectivity index (χ1) is 15.0. The summed E-state index contributed by atoms with van der Waals surface area (Å²) in [5, 5.41) is 9.20. The van der Waals surface area contributed by atoms with Crippen LogP contribution in [0.4, 0.5) is 21.3 Å². The molecule has 3 aromatic rings. The molecule has 0 spiro atoms. The van der Waals surface area contributed by atoms with Gasteiger partial charge in [0.2, 0.25) is 5.91 Å². The number of aryl methyl sites for hydroxylation is 1. The molecule has 31 heavy (non-hydrogen) atoms. The first kappa shape index (κ1) is 21.1. The van der Waals surface area contributed by atoms with Gasteiger partial charge in [0.05, 0.1) is 23.0 Å². The number of nitrogens with zero attached hydrogens (tertiary/aromatic N) is 1. The zero-order valence-electron chi connectivity index (χ0n) is 17.7. The SMILES string of the molecule is COc1ccc(C)cc1NC(=O)Nc1ccc2sc(NC(=O)C3CCCCC3)nc2c1. The maximum absolute atomic E-state index is 12.5. The summed E-state index contributed by atoms with van der Waals surface area (Å²) in [4.78, 5) is 29.5. The number of carbonyl (C=O) groups is 2. The van der Waals surface area contributed by atoms with E-state index in [1.165, 1.54) is 17.8 Å². The monoisotopic (exact) mass is 438 g/mol. The first-order valence-electron chi connectivity index (χ1n) is 10.5. The number of benzene rings is 2. The highest BCUT2D eigenvalue weighted by Crippen LogP contribution is 2.31. The molecule has 0 bridgehead atoms. The third kappa shape index (κ3) is 5.14. The van der Waals surface area contributed by atoms with E-state index in [9.17, 15) is 9.59 Å². The number of anilines is 3. The number of nitrogens with one attached hydrogen (secondary N) is 3. The third-order valence-electron chi connectivity index (χ3n) is 5.45. The Morgan fingerprint density at radius 3 is 2.61 bits per heavy atom.